The van der Waals surface area contributed by atoms with Gasteiger partial charge in [0.1, 0.15) is 12.4 Å². The Kier molecular flexibility index (Phi) is 4.74. The molecule has 1 N–H and O–H groups in total. The number of hydrogen-bond acceptors (Lipinski definition) is 6. The van der Waals surface area contributed by atoms with E-state index in [0.717, 1.165) is 38.7 Å². The summed E-state index contributed by atoms with van der Waals surface area (Å²) in [6, 6.07) is 12.2. The molecule has 2 aromatic carbocycles. The number of rotatable bonds is 4. The first kappa shape index (κ1) is 16.6. The monoisotopic (exact) mass is 389 g/mol. The second kappa shape index (κ2) is 7.15. The minimum atomic E-state index is 0.646. The molecule has 0 unspecified atom stereocenters. The summed E-state index contributed by atoms with van der Waals surface area (Å²) < 4.78 is 9.14. The number of ether oxygens (including phenoxy) is 1. The van der Waals surface area contributed by atoms with Gasteiger partial charge < -0.3 is 14.4 Å². The summed E-state index contributed by atoms with van der Waals surface area (Å²) in [6.45, 7) is 3.55. The quantitative estimate of drug-likeness (QED) is 0.574. The number of hydrogen-bond donors (Lipinski definition) is 1. The van der Waals surface area contributed by atoms with Crippen LogP contribution in [0.3, 0.4) is 0 Å². The van der Waals surface area contributed by atoms with Crippen LogP contribution in [-0.2, 0) is 0 Å². The van der Waals surface area contributed by atoms with Gasteiger partial charge in [-0.05, 0) is 54.8 Å². The minimum Gasteiger partial charge on any atom is -0.489 e. The number of halogens is 1. The zero-order valence-electron chi connectivity index (χ0n) is 13.5. The van der Waals surface area contributed by atoms with Gasteiger partial charge >= 0.3 is 0 Å². The van der Waals surface area contributed by atoms with E-state index in [0.29, 0.717) is 6.61 Å². The number of anilines is 3. The Morgan fingerprint density at radius 2 is 2.16 bits per heavy atom. The number of nitrogens with one attached hydrogen (secondary N) is 1. The van der Waals surface area contributed by atoms with Gasteiger partial charge in [0.2, 0.25) is 0 Å². The van der Waals surface area contributed by atoms with Crippen molar-refractivity contribution >= 4 is 51.4 Å². The van der Waals surface area contributed by atoms with E-state index >= 15 is 0 Å². The molecule has 128 valence electrons. The lowest BCUT2D eigenvalue weighted by molar-refractivity contribution is 0.313. The molecule has 0 saturated heterocycles. The lowest BCUT2D eigenvalue weighted by atomic mass is 10.1. The van der Waals surface area contributed by atoms with Crippen molar-refractivity contribution in [2.24, 2.45) is 0 Å². The molecule has 0 bridgehead atoms. The molecule has 0 saturated carbocycles. The van der Waals surface area contributed by atoms with Crippen LogP contribution in [0.4, 0.5) is 16.5 Å². The van der Waals surface area contributed by atoms with Crippen LogP contribution in [-0.4, -0.2) is 18.1 Å². The predicted octanol–water partition coefficient (Wildman–Crippen LogP) is 5.75. The molecule has 1 aliphatic heterocycles. The van der Waals surface area contributed by atoms with Crippen LogP contribution in [0.5, 0.6) is 5.75 Å². The van der Waals surface area contributed by atoms with Crippen molar-refractivity contribution in [3.05, 3.63) is 58.6 Å². The van der Waals surface area contributed by atoms with Crippen LogP contribution in [0.15, 0.2) is 52.9 Å². The first-order valence-electron chi connectivity index (χ1n) is 7.83. The molecule has 0 aliphatic carbocycles. The molecule has 25 heavy (non-hydrogen) atoms. The van der Waals surface area contributed by atoms with Gasteiger partial charge in [-0.15, -0.1) is 11.3 Å². The van der Waals surface area contributed by atoms with Crippen molar-refractivity contribution in [2.45, 2.75) is 11.8 Å². The van der Waals surface area contributed by atoms with E-state index in [2.05, 4.69) is 45.8 Å². The van der Waals surface area contributed by atoms with Crippen LogP contribution < -0.4 is 14.4 Å². The Hall–Kier alpha value is -1.89. The highest BCUT2D eigenvalue weighted by atomic mass is 35.5. The third kappa shape index (κ3) is 3.56. The van der Waals surface area contributed by atoms with Crippen molar-refractivity contribution < 1.29 is 4.74 Å². The van der Waals surface area contributed by atoms with E-state index in [9.17, 15) is 0 Å². The van der Waals surface area contributed by atoms with Crippen molar-refractivity contribution in [1.29, 1.82) is 0 Å². The number of aromatic nitrogens is 1. The topological polar surface area (TPSA) is 37.4 Å². The maximum absolute atomic E-state index is 6.20. The summed E-state index contributed by atoms with van der Waals surface area (Å²) in [5, 5.41) is 3.58. The molecule has 4 rings (SSSR count). The van der Waals surface area contributed by atoms with Gasteiger partial charge in [-0.25, -0.2) is 4.98 Å². The number of thiazole rings is 1. The SMILES string of the molecule is Cc1ccc(Cl)cc1N1CCOc2cc(SNc3nccs3)ccc21. The second-order valence-electron chi connectivity index (χ2n) is 5.60. The number of fused-ring (bicyclic) bond motifs is 1. The van der Waals surface area contributed by atoms with Gasteiger partial charge in [-0.3, -0.25) is 0 Å². The summed E-state index contributed by atoms with van der Waals surface area (Å²) in [6.07, 6.45) is 1.79. The largest absolute Gasteiger partial charge is 0.489 e. The Bertz CT molecular complexity index is 886. The molecule has 4 nitrogen and oxygen atoms in total. The zero-order chi connectivity index (χ0) is 17.2. The van der Waals surface area contributed by atoms with E-state index in [4.69, 9.17) is 16.3 Å². The van der Waals surface area contributed by atoms with Crippen molar-refractivity contribution in [3.8, 4) is 5.75 Å². The minimum absolute atomic E-state index is 0.646. The fourth-order valence-electron chi connectivity index (χ4n) is 2.76. The van der Waals surface area contributed by atoms with E-state index in [1.54, 1.807) is 17.5 Å². The highest BCUT2D eigenvalue weighted by molar-refractivity contribution is 8.00. The van der Waals surface area contributed by atoms with E-state index in [1.165, 1.54) is 17.5 Å². The molecule has 1 aromatic heterocycles. The highest BCUT2D eigenvalue weighted by Crippen LogP contribution is 2.40. The Balaban J connectivity index is 1.60. The summed E-state index contributed by atoms with van der Waals surface area (Å²) in [7, 11) is 0. The Morgan fingerprint density at radius 3 is 3.00 bits per heavy atom. The fraction of sp³-hybridized carbons (Fsp3) is 0.167. The molecule has 0 spiro atoms. The first-order chi connectivity index (χ1) is 12.2. The average Bonchev–Trinajstić information content (AvgIpc) is 3.15. The normalized spacial score (nSPS) is 13.3. The van der Waals surface area contributed by atoms with Gasteiger partial charge in [0.25, 0.3) is 0 Å². The van der Waals surface area contributed by atoms with E-state index < -0.39 is 0 Å². The van der Waals surface area contributed by atoms with Gasteiger partial charge in [-0.1, -0.05) is 17.7 Å². The fourth-order valence-corrected chi connectivity index (χ4v) is 4.18. The van der Waals surface area contributed by atoms with Gasteiger partial charge in [0.15, 0.2) is 5.13 Å². The van der Waals surface area contributed by atoms with Gasteiger partial charge in [0, 0.05) is 27.2 Å². The molecule has 3 aromatic rings. The molecule has 0 fully saturated rings. The smallest absolute Gasteiger partial charge is 0.192 e. The number of benzene rings is 2. The van der Waals surface area contributed by atoms with Gasteiger partial charge in [0.05, 0.1) is 12.2 Å². The lowest BCUT2D eigenvalue weighted by Gasteiger charge is -2.32. The molecule has 7 heteroatoms. The molecule has 1 aliphatic rings. The molecule has 2 heterocycles. The summed E-state index contributed by atoms with van der Waals surface area (Å²) in [4.78, 5) is 7.57. The van der Waals surface area contributed by atoms with E-state index in [-0.39, 0.29) is 0 Å². The van der Waals surface area contributed by atoms with Crippen LogP contribution >= 0.6 is 34.9 Å². The van der Waals surface area contributed by atoms with Crippen molar-refractivity contribution in [3.63, 3.8) is 0 Å². The molecular formula is C18H16ClN3OS2. The molecule has 0 radical (unpaired) electrons. The van der Waals surface area contributed by atoms with Gasteiger partial charge in [-0.2, -0.15) is 0 Å². The summed E-state index contributed by atoms with van der Waals surface area (Å²) >= 11 is 9.31. The predicted molar refractivity (Wildman–Crippen MR) is 107 cm³/mol. The third-order valence-corrected chi connectivity index (χ3v) is 5.78. The van der Waals surface area contributed by atoms with Crippen molar-refractivity contribution in [2.75, 3.05) is 22.8 Å². The Labute approximate surface area is 159 Å². The summed E-state index contributed by atoms with van der Waals surface area (Å²) in [5.74, 6) is 0.886. The molecule has 0 atom stereocenters. The molecular weight excluding hydrogens is 374 g/mol. The van der Waals surface area contributed by atoms with Crippen LogP contribution in [0.25, 0.3) is 0 Å². The lowest BCUT2D eigenvalue weighted by Crippen LogP contribution is -2.29. The maximum Gasteiger partial charge on any atom is 0.192 e. The standard InChI is InChI=1S/C18H16ClN3OS2/c1-12-2-3-13(19)10-16(12)22-7-8-23-17-11-14(4-5-15(17)22)25-21-18-20-6-9-24-18/h2-6,9-11H,7-8H2,1H3,(H,20,21). The van der Waals surface area contributed by atoms with Crippen LogP contribution in [0.2, 0.25) is 5.02 Å². The van der Waals surface area contributed by atoms with Crippen molar-refractivity contribution in [1.82, 2.24) is 4.98 Å². The Morgan fingerprint density at radius 1 is 1.24 bits per heavy atom. The van der Waals surface area contributed by atoms with Crippen LogP contribution in [0.1, 0.15) is 5.56 Å². The maximum atomic E-state index is 6.20. The number of aryl methyl sites for hydroxylation is 1. The number of nitrogens with zero attached hydrogens (tertiary/aromatic N) is 2. The first-order valence-corrected chi connectivity index (χ1v) is 9.91. The van der Waals surface area contributed by atoms with Crippen LogP contribution in [0, 0.1) is 6.92 Å². The van der Waals surface area contributed by atoms with E-state index in [1.807, 2.05) is 17.5 Å². The second-order valence-corrected chi connectivity index (χ2v) is 7.81. The molecule has 0 amide bonds. The third-order valence-electron chi connectivity index (χ3n) is 3.95. The highest BCUT2D eigenvalue weighted by Gasteiger charge is 2.21. The average molecular weight is 390 g/mol. The summed E-state index contributed by atoms with van der Waals surface area (Å²) in [5.41, 5.74) is 3.38. The zero-order valence-corrected chi connectivity index (χ0v) is 15.9.